The van der Waals surface area contributed by atoms with Crippen LogP contribution in [0.25, 0.3) is 11.2 Å². The molecule has 0 saturated heterocycles. The zero-order chi connectivity index (χ0) is 13.9. The highest BCUT2D eigenvalue weighted by atomic mass is 16.5. The summed E-state index contributed by atoms with van der Waals surface area (Å²) in [6.07, 6.45) is 2.39. The van der Waals surface area contributed by atoms with Crippen LogP contribution >= 0.6 is 0 Å². The van der Waals surface area contributed by atoms with Crippen LogP contribution in [0.5, 0.6) is 5.75 Å². The number of H-pyrrole nitrogens is 1. The average molecular weight is 269 g/mol. The van der Waals surface area contributed by atoms with Gasteiger partial charge in [-0.15, -0.1) is 0 Å². The van der Waals surface area contributed by atoms with Gasteiger partial charge in [0.05, 0.1) is 13.4 Å². The summed E-state index contributed by atoms with van der Waals surface area (Å²) in [7, 11) is 1.65. The molecule has 0 unspecified atom stereocenters. The number of hydrogen-bond donors (Lipinski definition) is 2. The van der Waals surface area contributed by atoms with Crippen molar-refractivity contribution in [3.63, 3.8) is 0 Å². The Morgan fingerprint density at radius 2 is 2.00 bits per heavy atom. The summed E-state index contributed by atoms with van der Waals surface area (Å²) in [6.45, 7) is 2.02. The van der Waals surface area contributed by atoms with Crippen molar-refractivity contribution in [1.82, 2.24) is 19.9 Å². The van der Waals surface area contributed by atoms with Gasteiger partial charge in [-0.05, 0) is 24.3 Å². The lowest BCUT2D eigenvalue weighted by Crippen LogP contribution is -2.01. The van der Waals surface area contributed by atoms with Crippen molar-refractivity contribution in [2.24, 2.45) is 0 Å². The molecule has 0 aliphatic heterocycles. The van der Waals surface area contributed by atoms with E-state index in [-0.39, 0.29) is 0 Å². The average Bonchev–Trinajstić information content (AvgIpc) is 2.96. The molecule has 0 spiro atoms. The van der Waals surface area contributed by atoms with Crippen molar-refractivity contribution in [2.45, 2.75) is 13.3 Å². The molecule has 3 rings (SSSR count). The van der Waals surface area contributed by atoms with Gasteiger partial charge in [0.15, 0.2) is 11.5 Å². The van der Waals surface area contributed by atoms with Crippen molar-refractivity contribution in [3.8, 4) is 5.75 Å². The van der Waals surface area contributed by atoms with Gasteiger partial charge in [-0.2, -0.15) is 0 Å². The smallest absolute Gasteiger partial charge is 0.183 e. The molecule has 3 aromatic rings. The highest BCUT2D eigenvalue weighted by molar-refractivity contribution is 5.84. The fourth-order valence-corrected chi connectivity index (χ4v) is 1.94. The summed E-state index contributed by atoms with van der Waals surface area (Å²) in [5.41, 5.74) is 2.41. The van der Waals surface area contributed by atoms with Gasteiger partial charge in [-0.25, -0.2) is 15.0 Å². The molecular weight excluding hydrogens is 254 g/mol. The van der Waals surface area contributed by atoms with E-state index in [2.05, 4.69) is 25.3 Å². The minimum Gasteiger partial charge on any atom is -0.497 e. The van der Waals surface area contributed by atoms with E-state index in [9.17, 15) is 0 Å². The van der Waals surface area contributed by atoms with Gasteiger partial charge < -0.3 is 15.0 Å². The summed E-state index contributed by atoms with van der Waals surface area (Å²) < 4.78 is 5.14. The Morgan fingerprint density at radius 3 is 2.70 bits per heavy atom. The number of aromatic nitrogens is 4. The van der Waals surface area contributed by atoms with Gasteiger partial charge in [-0.3, -0.25) is 0 Å². The number of nitrogens with one attached hydrogen (secondary N) is 2. The predicted molar refractivity (Wildman–Crippen MR) is 77.3 cm³/mol. The van der Waals surface area contributed by atoms with Crippen LogP contribution in [0.15, 0.2) is 30.6 Å². The van der Waals surface area contributed by atoms with Gasteiger partial charge in [0.1, 0.15) is 17.1 Å². The van der Waals surface area contributed by atoms with Crippen molar-refractivity contribution >= 4 is 22.7 Å². The van der Waals surface area contributed by atoms with Gasteiger partial charge >= 0.3 is 0 Å². The first kappa shape index (κ1) is 12.4. The SMILES string of the molecule is CCc1nc(Nc2ccc(OC)cc2)c2[nH]cnc2n1. The fourth-order valence-electron chi connectivity index (χ4n) is 1.94. The topological polar surface area (TPSA) is 75.7 Å². The fraction of sp³-hybridized carbons (Fsp3) is 0.214. The van der Waals surface area contributed by atoms with Gasteiger partial charge in [-0.1, -0.05) is 6.92 Å². The molecule has 0 fully saturated rings. The van der Waals surface area contributed by atoms with E-state index in [0.29, 0.717) is 5.65 Å². The number of hydrogen-bond acceptors (Lipinski definition) is 5. The second-order valence-electron chi connectivity index (χ2n) is 4.30. The first-order chi connectivity index (χ1) is 9.80. The van der Waals surface area contributed by atoms with Crippen molar-refractivity contribution < 1.29 is 4.74 Å². The Labute approximate surface area is 116 Å². The second kappa shape index (κ2) is 5.16. The maximum absolute atomic E-state index is 5.14. The number of imidazole rings is 1. The van der Waals surface area contributed by atoms with E-state index in [1.807, 2.05) is 31.2 Å². The zero-order valence-corrected chi connectivity index (χ0v) is 11.3. The number of benzene rings is 1. The number of nitrogens with zero attached hydrogens (tertiary/aromatic N) is 3. The quantitative estimate of drug-likeness (QED) is 0.761. The molecule has 1 aromatic carbocycles. The molecule has 0 bridgehead atoms. The van der Waals surface area contributed by atoms with Crippen molar-refractivity contribution in [3.05, 3.63) is 36.4 Å². The molecule has 0 aliphatic rings. The van der Waals surface area contributed by atoms with E-state index < -0.39 is 0 Å². The molecule has 20 heavy (non-hydrogen) atoms. The molecule has 6 nitrogen and oxygen atoms in total. The van der Waals surface area contributed by atoms with Crippen LogP contribution in [0.4, 0.5) is 11.5 Å². The van der Waals surface area contributed by atoms with Gasteiger partial charge in [0.2, 0.25) is 0 Å². The molecule has 2 aromatic heterocycles. The van der Waals surface area contributed by atoms with Gasteiger partial charge in [0, 0.05) is 12.1 Å². The van der Waals surface area contributed by atoms with E-state index in [1.54, 1.807) is 13.4 Å². The van der Waals surface area contributed by atoms with Crippen LogP contribution in [-0.4, -0.2) is 27.0 Å². The van der Waals surface area contributed by atoms with Crippen LogP contribution in [0, 0.1) is 0 Å². The Hall–Kier alpha value is -2.63. The lowest BCUT2D eigenvalue weighted by Gasteiger charge is -2.08. The first-order valence-electron chi connectivity index (χ1n) is 6.41. The Balaban J connectivity index is 1.98. The number of aromatic amines is 1. The molecule has 0 radical (unpaired) electrons. The lowest BCUT2D eigenvalue weighted by molar-refractivity contribution is 0.415. The van der Waals surface area contributed by atoms with Crippen LogP contribution in [-0.2, 0) is 6.42 Å². The van der Waals surface area contributed by atoms with E-state index in [4.69, 9.17) is 4.74 Å². The molecule has 2 heterocycles. The molecule has 6 heteroatoms. The number of anilines is 2. The summed E-state index contributed by atoms with van der Waals surface area (Å²) in [5.74, 6) is 2.31. The number of methoxy groups -OCH3 is 1. The molecule has 0 atom stereocenters. The summed E-state index contributed by atoms with van der Waals surface area (Å²) in [6, 6.07) is 7.67. The largest absolute Gasteiger partial charge is 0.497 e. The minimum atomic E-state index is 0.674. The standard InChI is InChI=1S/C14H15N5O/c1-3-11-18-13-12(15-8-16-13)14(19-11)17-9-4-6-10(20-2)7-5-9/h4-8H,3H2,1-2H3,(H2,15,16,17,18,19). The number of ether oxygens (including phenoxy) is 1. The van der Waals surface area contributed by atoms with Gasteiger partial charge in [0.25, 0.3) is 0 Å². The second-order valence-corrected chi connectivity index (χ2v) is 4.30. The van der Waals surface area contributed by atoms with Crippen LogP contribution in [0.2, 0.25) is 0 Å². The highest BCUT2D eigenvalue weighted by Gasteiger charge is 2.09. The normalized spacial score (nSPS) is 10.7. The summed E-state index contributed by atoms with van der Waals surface area (Å²) in [5, 5.41) is 3.28. The third kappa shape index (κ3) is 2.27. The Bertz CT molecular complexity index is 720. The van der Waals surface area contributed by atoms with Crippen molar-refractivity contribution in [1.29, 1.82) is 0 Å². The molecular formula is C14H15N5O. The van der Waals surface area contributed by atoms with E-state index >= 15 is 0 Å². The maximum atomic E-state index is 5.14. The minimum absolute atomic E-state index is 0.674. The molecule has 102 valence electrons. The van der Waals surface area contributed by atoms with Crippen molar-refractivity contribution in [2.75, 3.05) is 12.4 Å². The number of rotatable bonds is 4. The molecule has 0 aliphatic carbocycles. The van der Waals surface area contributed by atoms with E-state index in [0.717, 1.165) is 35.0 Å². The number of aryl methyl sites for hydroxylation is 1. The Morgan fingerprint density at radius 1 is 1.20 bits per heavy atom. The predicted octanol–water partition coefficient (Wildman–Crippen LogP) is 2.67. The molecule has 0 amide bonds. The summed E-state index contributed by atoms with van der Waals surface area (Å²) in [4.78, 5) is 16.1. The third-order valence-electron chi connectivity index (χ3n) is 3.00. The maximum Gasteiger partial charge on any atom is 0.183 e. The van der Waals surface area contributed by atoms with Crippen LogP contribution < -0.4 is 10.1 Å². The van der Waals surface area contributed by atoms with Crippen LogP contribution in [0.3, 0.4) is 0 Å². The third-order valence-corrected chi connectivity index (χ3v) is 3.00. The lowest BCUT2D eigenvalue weighted by atomic mass is 10.3. The highest BCUT2D eigenvalue weighted by Crippen LogP contribution is 2.23. The monoisotopic (exact) mass is 269 g/mol. The molecule has 0 saturated carbocycles. The van der Waals surface area contributed by atoms with Crippen LogP contribution in [0.1, 0.15) is 12.7 Å². The number of fused-ring (bicyclic) bond motifs is 1. The first-order valence-corrected chi connectivity index (χ1v) is 6.41. The van der Waals surface area contributed by atoms with E-state index in [1.165, 1.54) is 0 Å². The summed E-state index contributed by atoms with van der Waals surface area (Å²) >= 11 is 0. The molecule has 2 N–H and O–H groups in total. The zero-order valence-electron chi connectivity index (χ0n) is 11.3. The Kier molecular flexibility index (Phi) is 3.20.